The number of para-hydroxylation sites is 2. The molecular formula is C23H27NO4. The van der Waals surface area contributed by atoms with Gasteiger partial charge < -0.3 is 14.4 Å². The molecule has 5 nitrogen and oxygen atoms in total. The Hall–Kier alpha value is -2.82. The molecule has 1 aliphatic heterocycles. The Kier molecular flexibility index (Phi) is 6.34. The molecule has 2 aromatic rings. The summed E-state index contributed by atoms with van der Waals surface area (Å²) in [6.45, 7) is 5.13. The minimum absolute atomic E-state index is 0.0272. The molecule has 0 atom stereocenters. The minimum atomic E-state index is -0.0664. The van der Waals surface area contributed by atoms with E-state index in [1.165, 1.54) is 0 Å². The lowest BCUT2D eigenvalue weighted by Gasteiger charge is -2.31. The molecule has 0 aromatic heterocycles. The van der Waals surface area contributed by atoms with E-state index in [1.807, 2.05) is 44.2 Å². The van der Waals surface area contributed by atoms with Crippen molar-refractivity contribution in [3.63, 3.8) is 0 Å². The summed E-state index contributed by atoms with van der Waals surface area (Å²) in [5.41, 5.74) is 2.98. The van der Waals surface area contributed by atoms with E-state index in [4.69, 9.17) is 9.47 Å². The van der Waals surface area contributed by atoms with Gasteiger partial charge in [0.1, 0.15) is 0 Å². The van der Waals surface area contributed by atoms with Gasteiger partial charge in [-0.25, -0.2) is 0 Å². The van der Waals surface area contributed by atoms with Crippen LogP contribution in [0.25, 0.3) is 0 Å². The highest BCUT2D eigenvalue weighted by atomic mass is 16.5. The highest BCUT2D eigenvalue weighted by Crippen LogP contribution is 2.27. The molecule has 0 bridgehead atoms. The van der Waals surface area contributed by atoms with Crippen molar-refractivity contribution in [3.8, 4) is 11.5 Å². The van der Waals surface area contributed by atoms with Crippen LogP contribution in [0.4, 0.5) is 0 Å². The van der Waals surface area contributed by atoms with Crippen molar-refractivity contribution in [1.82, 2.24) is 4.90 Å². The number of methoxy groups -OCH3 is 1. The van der Waals surface area contributed by atoms with Crippen molar-refractivity contribution in [3.05, 3.63) is 59.2 Å². The van der Waals surface area contributed by atoms with E-state index in [1.54, 1.807) is 24.1 Å². The van der Waals surface area contributed by atoms with Crippen LogP contribution in [0.5, 0.6) is 11.5 Å². The van der Waals surface area contributed by atoms with Crippen LogP contribution in [-0.2, 0) is 4.79 Å². The number of ether oxygens (including phenoxy) is 2. The summed E-state index contributed by atoms with van der Waals surface area (Å²) in [6.07, 6.45) is 1.37. The SMILES string of the molecule is COc1ccccc1OCC(=O)N1CCC(C(=O)c2ccc(C)cc2C)CC1. The number of benzene rings is 2. The first kappa shape index (κ1) is 19.9. The molecule has 0 N–H and O–H groups in total. The van der Waals surface area contributed by atoms with E-state index in [-0.39, 0.29) is 24.2 Å². The second kappa shape index (κ2) is 8.91. The zero-order valence-corrected chi connectivity index (χ0v) is 16.7. The van der Waals surface area contributed by atoms with Crippen LogP contribution < -0.4 is 9.47 Å². The normalized spacial score (nSPS) is 14.6. The van der Waals surface area contributed by atoms with Gasteiger partial charge in [-0.2, -0.15) is 0 Å². The van der Waals surface area contributed by atoms with Gasteiger partial charge in [-0.1, -0.05) is 35.9 Å². The maximum Gasteiger partial charge on any atom is 0.260 e. The maximum atomic E-state index is 12.8. The van der Waals surface area contributed by atoms with Gasteiger partial charge in [-0.15, -0.1) is 0 Å². The molecular weight excluding hydrogens is 354 g/mol. The predicted molar refractivity (Wildman–Crippen MR) is 108 cm³/mol. The Labute approximate surface area is 166 Å². The lowest BCUT2D eigenvalue weighted by Crippen LogP contribution is -2.42. The molecule has 28 heavy (non-hydrogen) atoms. The molecule has 0 aliphatic carbocycles. The number of likely N-dealkylation sites (tertiary alicyclic amines) is 1. The number of piperidine rings is 1. The molecule has 3 rings (SSSR count). The minimum Gasteiger partial charge on any atom is -0.493 e. The van der Waals surface area contributed by atoms with E-state index in [0.717, 1.165) is 16.7 Å². The van der Waals surface area contributed by atoms with E-state index < -0.39 is 0 Å². The van der Waals surface area contributed by atoms with Crippen LogP contribution in [0.15, 0.2) is 42.5 Å². The molecule has 1 aliphatic rings. The summed E-state index contributed by atoms with van der Waals surface area (Å²) in [5.74, 6) is 1.25. The van der Waals surface area contributed by atoms with Crippen molar-refractivity contribution >= 4 is 11.7 Å². The first-order valence-corrected chi connectivity index (χ1v) is 9.64. The van der Waals surface area contributed by atoms with Gasteiger partial charge >= 0.3 is 0 Å². The quantitative estimate of drug-likeness (QED) is 0.714. The third-order valence-electron chi connectivity index (χ3n) is 5.29. The van der Waals surface area contributed by atoms with Crippen LogP contribution in [-0.4, -0.2) is 43.4 Å². The van der Waals surface area contributed by atoms with Crippen LogP contribution in [0.2, 0.25) is 0 Å². The van der Waals surface area contributed by atoms with E-state index in [0.29, 0.717) is 37.4 Å². The average molecular weight is 381 g/mol. The van der Waals surface area contributed by atoms with Crippen LogP contribution in [0, 0.1) is 19.8 Å². The summed E-state index contributed by atoms with van der Waals surface area (Å²) in [7, 11) is 1.57. The molecule has 1 fully saturated rings. The highest BCUT2D eigenvalue weighted by Gasteiger charge is 2.28. The summed E-state index contributed by atoms with van der Waals surface area (Å²) in [4.78, 5) is 27.1. The van der Waals surface area contributed by atoms with Crippen LogP contribution in [0.3, 0.4) is 0 Å². The Morgan fingerprint density at radius 1 is 1.04 bits per heavy atom. The van der Waals surface area contributed by atoms with Crippen molar-refractivity contribution < 1.29 is 19.1 Å². The highest BCUT2D eigenvalue weighted by molar-refractivity contribution is 5.99. The Bertz CT molecular complexity index is 853. The molecule has 0 saturated carbocycles. The zero-order chi connectivity index (χ0) is 20.1. The summed E-state index contributed by atoms with van der Waals surface area (Å²) < 4.78 is 10.9. The van der Waals surface area contributed by atoms with Gasteiger partial charge in [0.25, 0.3) is 5.91 Å². The Balaban J connectivity index is 1.53. The van der Waals surface area contributed by atoms with Crippen molar-refractivity contribution in [1.29, 1.82) is 0 Å². The first-order chi connectivity index (χ1) is 13.5. The number of nitrogens with zero attached hydrogens (tertiary/aromatic N) is 1. The number of Topliss-reactive ketones (excluding diaryl/α,β-unsaturated/α-hetero) is 1. The number of amides is 1. The number of hydrogen-bond acceptors (Lipinski definition) is 4. The molecule has 1 saturated heterocycles. The van der Waals surface area contributed by atoms with E-state index in [9.17, 15) is 9.59 Å². The smallest absolute Gasteiger partial charge is 0.260 e. The molecule has 0 unspecified atom stereocenters. The van der Waals surface area contributed by atoms with Gasteiger partial charge in [-0.05, 0) is 44.4 Å². The summed E-state index contributed by atoms with van der Waals surface area (Å²) >= 11 is 0. The van der Waals surface area contributed by atoms with Gasteiger partial charge in [0.2, 0.25) is 0 Å². The van der Waals surface area contributed by atoms with Crippen LogP contribution >= 0.6 is 0 Å². The third-order valence-corrected chi connectivity index (χ3v) is 5.29. The number of carbonyl (C=O) groups is 2. The zero-order valence-electron chi connectivity index (χ0n) is 16.7. The lowest BCUT2D eigenvalue weighted by molar-refractivity contribution is -0.134. The number of rotatable bonds is 6. The lowest BCUT2D eigenvalue weighted by atomic mass is 9.87. The fourth-order valence-corrected chi connectivity index (χ4v) is 3.67. The van der Waals surface area contributed by atoms with Gasteiger partial charge in [0, 0.05) is 24.6 Å². The standard InChI is InChI=1S/C23H27NO4/c1-16-8-9-19(17(2)14-16)23(26)18-10-12-24(13-11-18)22(25)15-28-21-7-5-4-6-20(21)27-3/h4-9,14,18H,10-13,15H2,1-3H3. The van der Waals surface area contributed by atoms with Crippen molar-refractivity contribution in [2.24, 2.45) is 5.92 Å². The van der Waals surface area contributed by atoms with Gasteiger partial charge in [-0.3, -0.25) is 9.59 Å². The Morgan fingerprint density at radius 3 is 2.36 bits per heavy atom. The number of hydrogen-bond donors (Lipinski definition) is 0. The topological polar surface area (TPSA) is 55.8 Å². The summed E-state index contributed by atoms with van der Waals surface area (Å²) in [6, 6.07) is 13.2. The number of aryl methyl sites for hydroxylation is 2. The maximum absolute atomic E-state index is 12.8. The molecule has 0 radical (unpaired) electrons. The molecule has 0 spiro atoms. The average Bonchev–Trinajstić information content (AvgIpc) is 2.72. The first-order valence-electron chi connectivity index (χ1n) is 9.64. The third kappa shape index (κ3) is 4.53. The van der Waals surface area contributed by atoms with Gasteiger partial charge in [0.05, 0.1) is 7.11 Å². The fourth-order valence-electron chi connectivity index (χ4n) is 3.67. The Morgan fingerprint density at radius 2 is 1.71 bits per heavy atom. The second-order valence-corrected chi connectivity index (χ2v) is 7.28. The van der Waals surface area contributed by atoms with Crippen LogP contribution in [0.1, 0.15) is 34.3 Å². The fraction of sp³-hybridized carbons (Fsp3) is 0.391. The monoisotopic (exact) mass is 381 g/mol. The van der Waals surface area contributed by atoms with E-state index in [2.05, 4.69) is 0 Å². The molecule has 2 aromatic carbocycles. The molecule has 1 amide bonds. The second-order valence-electron chi connectivity index (χ2n) is 7.28. The van der Waals surface area contributed by atoms with Crippen molar-refractivity contribution in [2.75, 3.05) is 26.8 Å². The van der Waals surface area contributed by atoms with Crippen molar-refractivity contribution in [2.45, 2.75) is 26.7 Å². The summed E-state index contributed by atoms with van der Waals surface area (Å²) in [5, 5.41) is 0. The van der Waals surface area contributed by atoms with Gasteiger partial charge in [0.15, 0.2) is 23.9 Å². The molecule has 148 valence electrons. The molecule has 1 heterocycles. The number of ketones is 1. The number of carbonyl (C=O) groups excluding carboxylic acids is 2. The van der Waals surface area contributed by atoms with E-state index >= 15 is 0 Å². The predicted octanol–water partition coefficient (Wildman–Crippen LogP) is 3.81. The largest absolute Gasteiger partial charge is 0.493 e. The molecule has 5 heteroatoms.